The number of nitrogens with zero attached hydrogens (tertiary/aromatic N) is 1. The number of hydrogen-bond acceptors (Lipinski definition) is 2. The molecule has 0 aliphatic carbocycles. The molecule has 1 aromatic rings. The van der Waals surface area contributed by atoms with Crippen LogP contribution in [0.25, 0.3) is 0 Å². The van der Waals surface area contributed by atoms with Crippen molar-refractivity contribution in [1.29, 1.82) is 0 Å². The van der Waals surface area contributed by atoms with Gasteiger partial charge in [0.2, 0.25) is 0 Å². The van der Waals surface area contributed by atoms with Gasteiger partial charge in [-0.25, -0.2) is 13.6 Å². The smallest absolute Gasteiger partial charge is 0.315 e. The number of carbonyl (C=O) groups excluding carboxylic acids is 1. The van der Waals surface area contributed by atoms with Gasteiger partial charge in [0.1, 0.15) is 0 Å². The lowest BCUT2D eigenvalue weighted by molar-refractivity contribution is 0.0174. The lowest BCUT2D eigenvalue weighted by Gasteiger charge is -2.29. The summed E-state index contributed by atoms with van der Waals surface area (Å²) in [4.78, 5) is 14.1. The quantitative estimate of drug-likeness (QED) is 0.898. The molecule has 0 atom stereocenters. The van der Waals surface area contributed by atoms with Crippen LogP contribution in [-0.2, 0) is 12.5 Å². The van der Waals surface area contributed by atoms with E-state index in [0.717, 1.165) is 32.9 Å². The normalized spacial score (nSPS) is 17.3. The molecule has 6 heteroatoms. The van der Waals surface area contributed by atoms with Crippen LogP contribution < -0.4 is 10.6 Å². The molecule has 2 N–H and O–H groups in total. The average molecular weight is 311 g/mol. The van der Waals surface area contributed by atoms with E-state index in [-0.39, 0.29) is 24.2 Å². The highest BCUT2D eigenvalue weighted by atomic mass is 19.3. The van der Waals surface area contributed by atoms with Crippen molar-refractivity contribution in [2.24, 2.45) is 0 Å². The van der Waals surface area contributed by atoms with E-state index in [1.54, 1.807) is 12.1 Å². The Bertz CT molecular complexity index is 508. The summed E-state index contributed by atoms with van der Waals surface area (Å²) in [6.07, 6.45) is 1.86. The molecular formula is C16H23F2N3O. The Balaban J connectivity index is 1.81. The van der Waals surface area contributed by atoms with Crippen molar-refractivity contribution in [1.82, 2.24) is 15.5 Å². The first-order valence-corrected chi connectivity index (χ1v) is 7.55. The lowest BCUT2D eigenvalue weighted by atomic mass is 10.1. The molecule has 1 aliphatic heterocycles. The van der Waals surface area contributed by atoms with E-state index in [1.165, 1.54) is 12.1 Å². The third kappa shape index (κ3) is 4.94. The van der Waals surface area contributed by atoms with E-state index in [2.05, 4.69) is 22.6 Å². The van der Waals surface area contributed by atoms with E-state index in [9.17, 15) is 13.6 Å². The Morgan fingerprint density at radius 3 is 2.68 bits per heavy atom. The highest BCUT2D eigenvalue weighted by Gasteiger charge is 2.24. The van der Waals surface area contributed by atoms with Crippen LogP contribution in [0.1, 0.15) is 30.9 Å². The number of piperidine rings is 1. The summed E-state index contributed by atoms with van der Waals surface area (Å²) in [5.74, 6) is -2.87. The maximum atomic E-state index is 13.3. The molecule has 1 heterocycles. The summed E-state index contributed by atoms with van der Waals surface area (Å²) in [7, 11) is 2.06. The summed E-state index contributed by atoms with van der Waals surface area (Å²) in [6, 6.07) is 6.06. The number of carbonyl (C=O) groups is 1. The molecule has 2 amide bonds. The van der Waals surface area contributed by atoms with Crippen molar-refractivity contribution >= 4 is 6.03 Å². The van der Waals surface area contributed by atoms with Crippen molar-refractivity contribution in [2.75, 3.05) is 20.1 Å². The molecule has 1 aliphatic rings. The minimum atomic E-state index is -2.87. The molecule has 0 bridgehead atoms. The Morgan fingerprint density at radius 1 is 1.36 bits per heavy atom. The zero-order chi connectivity index (χ0) is 16.2. The molecule has 0 aromatic heterocycles. The molecule has 22 heavy (non-hydrogen) atoms. The van der Waals surface area contributed by atoms with Gasteiger partial charge in [0.05, 0.1) is 0 Å². The number of alkyl halides is 2. The highest BCUT2D eigenvalue weighted by molar-refractivity contribution is 5.74. The van der Waals surface area contributed by atoms with Gasteiger partial charge in [-0.3, -0.25) is 0 Å². The van der Waals surface area contributed by atoms with Crippen molar-refractivity contribution in [3.63, 3.8) is 0 Å². The second-order valence-electron chi connectivity index (χ2n) is 5.99. The third-order valence-corrected chi connectivity index (χ3v) is 3.94. The van der Waals surface area contributed by atoms with E-state index >= 15 is 0 Å². The van der Waals surface area contributed by atoms with Gasteiger partial charge in [-0.2, -0.15) is 0 Å². The minimum absolute atomic E-state index is 0.0393. The molecule has 0 radical (unpaired) electrons. The second kappa shape index (κ2) is 7.05. The van der Waals surface area contributed by atoms with Gasteiger partial charge < -0.3 is 15.5 Å². The van der Waals surface area contributed by atoms with E-state index < -0.39 is 5.92 Å². The van der Waals surface area contributed by atoms with Gasteiger partial charge in [0.25, 0.3) is 5.92 Å². The fourth-order valence-corrected chi connectivity index (χ4v) is 2.53. The molecule has 4 nitrogen and oxygen atoms in total. The number of rotatable bonds is 4. The zero-order valence-electron chi connectivity index (χ0n) is 13.0. The second-order valence-corrected chi connectivity index (χ2v) is 5.99. The van der Waals surface area contributed by atoms with Crippen molar-refractivity contribution < 1.29 is 13.6 Å². The first-order valence-electron chi connectivity index (χ1n) is 7.55. The number of likely N-dealkylation sites (tertiary alicyclic amines) is 1. The Labute approximate surface area is 129 Å². The predicted octanol–water partition coefficient (Wildman–Crippen LogP) is 2.69. The van der Waals surface area contributed by atoms with Gasteiger partial charge in [-0.1, -0.05) is 18.2 Å². The molecule has 0 saturated carbocycles. The molecule has 0 unspecified atom stereocenters. The Kier molecular flexibility index (Phi) is 5.34. The standard InChI is InChI=1S/C16H23F2N3O/c1-16(17,18)13-5-3-4-12(10-13)11-19-15(22)20-14-6-8-21(2)9-7-14/h3-5,10,14H,6-9,11H2,1-2H3,(H2,19,20,22). The van der Waals surface area contributed by atoms with Crippen LogP contribution in [0.5, 0.6) is 0 Å². The van der Waals surface area contributed by atoms with Crippen LogP contribution in [0.2, 0.25) is 0 Å². The third-order valence-electron chi connectivity index (χ3n) is 3.94. The maximum Gasteiger partial charge on any atom is 0.315 e. The fraction of sp³-hybridized carbons (Fsp3) is 0.562. The summed E-state index contributed by atoms with van der Waals surface area (Å²) < 4.78 is 26.5. The topological polar surface area (TPSA) is 44.4 Å². The summed E-state index contributed by atoms with van der Waals surface area (Å²) in [6.45, 7) is 3.05. The summed E-state index contributed by atoms with van der Waals surface area (Å²) >= 11 is 0. The van der Waals surface area contributed by atoms with Crippen molar-refractivity contribution in [3.8, 4) is 0 Å². The van der Waals surface area contributed by atoms with Crippen LogP contribution in [0.15, 0.2) is 24.3 Å². The van der Waals surface area contributed by atoms with Gasteiger partial charge in [0, 0.05) is 25.1 Å². The fourth-order valence-electron chi connectivity index (χ4n) is 2.53. The molecular weight excluding hydrogens is 288 g/mol. The zero-order valence-corrected chi connectivity index (χ0v) is 13.0. The summed E-state index contributed by atoms with van der Waals surface area (Å²) in [5.41, 5.74) is 0.625. The molecule has 1 fully saturated rings. The molecule has 122 valence electrons. The summed E-state index contributed by atoms with van der Waals surface area (Å²) in [5, 5.41) is 5.66. The van der Waals surface area contributed by atoms with E-state index in [1.807, 2.05) is 0 Å². The van der Waals surface area contributed by atoms with Crippen molar-refractivity contribution in [3.05, 3.63) is 35.4 Å². The maximum absolute atomic E-state index is 13.3. The SMILES string of the molecule is CN1CCC(NC(=O)NCc2cccc(C(C)(F)F)c2)CC1. The molecule has 1 aromatic carbocycles. The monoisotopic (exact) mass is 311 g/mol. The molecule has 1 saturated heterocycles. The largest absolute Gasteiger partial charge is 0.335 e. The van der Waals surface area contributed by atoms with Crippen LogP contribution in [0, 0.1) is 0 Å². The van der Waals surface area contributed by atoms with Gasteiger partial charge in [0.15, 0.2) is 0 Å². The van der Waals surface area contributed by atoms with E-state index in [0.29, 0.717) is 5.56 Å². The van der Waals surface area contributed by atoms with Crippen LogP contribution in [0.3, 0.4) is 0 Å². The highest BCUT2D eigenvalue weighted by Crippen LogP contribution is 2.27. The minimum Gasteiger partial charge on any atom is -0.335 e. The number of urea groups is 1. The first kappa shape index (κ1) is 16.7. The van der Waals surface area contributed by atoms with Crippen LogP contribution >= 0.6 is 0 Å². The Hall–Kier alpha value is -1.69. The van der Waals surface area contributed by atoms with Gasteiger partial charge in [-0.05, 0) is 44.6 Å². The first-order chi connectivity index (χ1) is 10.3. The average Bonchev–Trinajstić information content (AvgIpc) is 2.47. The van der Waals surface area contributed by atoms with Crippen LogP contribution in [0.4, 0.5) is 13.6 Å². The van der Waals surface area contributed by atoms with Crippen molar-refractivity contribution in [2.45, 2.75) is 38.3 Å². The van der Waals surface area contributed by atoms with Gasteiger partial charge in [-0.15, -0.1) is 0 Å². The number of amides is 2. The number of hydrogen-bond donors (Lipinski definition) is 2. The number of halogens is 2. The molecule has 0 spiro atoms. The lowest BCUT2D eigenvalue weighted by Crippen LogP contribution is -2.46. The van der Waals surface area contributed by atoms with Gasteiger partial charge >= 0.3 is 6.03 Å². The number of nitrogens with one attached hydrogen (secondary N) is 2. The Morgan fingerprint density at radius 2 is 2.05 bits per heavy atom. The van der Waals surface area contributed by atoms with E-state index in [4.69, 9.17) is 0 Å². The number of benzene rings is 1. The van der Waals surface area contributed by atoms with Crippen LogP contribution in [-0.4, -0.2) is 37.1 Å². The predicted molar refractivity (Wildman–Crippen MR) is 81.9 cm³/mol. The molecule has 2 rings (SSSR count).